The van der Waals surface area contributed by atoms with E-state index in [1.807, 2.05) is 36.0 Å². The Morgan fingerprint density at radius 3 is 2.71 bits per heavy atom. The molecule has 0 saturated heterocycles. The Morgan fingerprint density at radius 2 is 2.06 bits per heavy atom. The van der Waals surface area contributed by atoms with Crippen molar-refractivity contribution in [3.05, 3.63) is 46.5 Å². The molecular weight excluding hydrogens is 297 g/mol. The average Bonchev–Trinajstić information content (AvgIpc) is 2.28. The Kier molecular flexibility index (Phi) is 10.2. The molecule has 96 valence electrons. The van der Waals surface area contributed by atoms with Gasteiger partial charge in [-0.05, 0) is 17.7 Å². The second kappa shape index (κ2) is 10.1. The molecule has 5 heteroatoms. The van der Waals surface area contributed by atoms with Gasteiger partial charge in [-0.2, -0.15) is 11.8 Å². The summed E-state index contributed by atoms with van der Waals surface area (Å²) >= 11 is 13.6. The lowest BCUT2D eigenvalue weighted by atomic mass is 10.2. The van der Waals surface area contributed by atoms with Crippen LogP contribution in [0.1, 0.15) is 5.56 Å². The maximum Gasteiger partial charge on any atom is 0.0595 e. The molecule has 1 aromatic rings. The number of thioether (sulfide) groups is 1. The summed E-state index contributed by atoms with van der Waals surface area (Å²) in [6.45, 7) is 5.49. The van der Waals surface area contributed by atoms with Crippen LogP contribution in [0.3, 0.4) is 0 Å². The first kappa shape index (κ1) is 17.1. The SMILES string of the molecule is C=CCSCCNCc1ccc(Cl)c(Cl)c1.Cl. The fraction of sp³-hybridized carbons (Fsp3) is 0.333. The maximum absolute atomic E-state index is 5.92. The summed E-state index contributed by atoms with van der Waals surface area (Å²) in [5.41, 5.74) is 1.16. The van der Waals surface area contributed by atoms with Gasteiger partial charge >= 0.3 is 0 Å². The van der Waals surface area contributed by atoms with Gasteiger partial charge in [0.1, 0.15) is 0 Å². The van der Waals surface area contributed by atoms with Gasteiger partial charge in [0.25, 0.3) is 0 Å². The molecule has 1 nitrogen and oxygen atoms in total. The van der Waals surface area contributed by atoms with E-state index in [0.717, 1.165) is 30.2 Å². The van der Waals surface area contributed by atoms with Crippen molar-refractivity contribution in [2.45, 2.75) is 6.54 Å². The van der Waals surface area contributed by atoms with E-state index in [9.17, 15) is 0 Å². The van der Waals surface area contributed by atoms with Crippen LogP contribution in [0.15, 0.2) is 30.9 Å². The lowest BCUT2D eigenvalue weighted by Gasteiger charge is -2.05. The second-order valence-electron chi connectivity index (χ2n) is 3.29. The first-order valence-corrected chi connectivity index (χ1v) is 6.98. The summed E-state index contributed by atoms with van der Waals surface area (Å²) in [6.07, 6.45) is 1.92. The van der Waals surface area contributed by atoms with Crippen molar-refractivity contribution in [2.24, 2.45) is 0 Å². The van der Waals surface area contributed by atoms with Crippen molar-refractivity contribution in [1.29, 1.82) is 0 Å². The monoisotopic (exact) mass is 311 g/mol. The first-order valence-electron chi connectivity index (χ1n) is 5.07. The highest BCUT2D eigenvalue weighted by Gasteiger charge is 1.98. The minimum Gasteiger partial charge on any atom is -0.312 e. The van der Waals surface area contributed by atoms with Gasteiger partial charge in [-0.15, -0.1) is 19.0 Å². The molecule has 0 atom stereocenters. The fourth-order valence-corrected chi connectivity index (χ4v) is 2.14. The van der Waals surface area contributed by atoms with Gasteiger partial charge in [0.2, 0.25) is 0 Å². The van der Waals surface area contributed by atoms with Crippen LogP contribution in [0.4, 0.5) is 0 Å². The van der Waals surface area contributed by atoms with Crippen LogP contribution < -0.4 is 5.32 Å². The summed E-state index contributed by atoms with van der Waals surface area (Å²) in [5, 5.41) is 4.57. The quantitative estimate of drug-likeness (QED) is 0.590. The summed E-state index contributed by atoms with van der Waals surface area (Å²) in [7, 11) is 0. The number of hydrogen-bond donors (Lipinski definition) is 1. The predicted molar refractivity (Wildman–Crippen MR) is 82.9 cm³/mol. The molecule has 0 aliphatic rings. The molecule has 0 radical (unpaired) electrons. The summed E-state index contributed by atoms with van der Waals surface area (Å²) in [4.78, 5) is 0. The molecule has 0 heterocycles. The van der Waals surface area contributed by atoms with Crippen LogP contribution >= 0.6 is 47.4 Å². The van der Waals surface area contributed by atoms with E-state index in [1.54, 1.807) is 0 Å². The van der Waals surface area contributed by atoms with Crippen molar-refractivity contribution < 1.29 is 0 Å². The van der Waals surface area contributed by atoms with Crippen molar-refractivity contribution in [3.63, 3.8) is 0 Å². The molecule has 0 saturated carbocycles. The largest absolute Gasteiger partial charge is 0.312 e. The van der Waals surface area contributed by atoms with Gasteiger partial charge in [-0.25, -0.2) is 0 Å². The Labute approximate surface area is 123 Å². The molecule has 0 aliphatic carbocycles. The van der Waals surface area contributed by atoms with Crippen LogP contribution in [-0.4, -0.2) is 18.1 Å². The molecular formula is C12H16Cl3NS. The minimum absolute atomic E-state index is 0. The lowest BCUT2D eigenvalue weighted by molar-refractivity contribution is 0.732. The second-order valence-corrected chi connectivity index (χ2v) is 5.25. The van der Waals surface area contributed by atoms with Gasteiger partial charge in [-0.3, -0.25) is 0 Å². The molecule has 17 heavy (non-hydrogen) atoms. The zero-order valence-corrected chi connectivity index (χ0v) is 12.6. The van der Waals surface area contributed by atoms with Crippen LogP contribution in [0.25, 0.3) is 0 Å². The number of nitrogens with one attached hydrogen (secondary N) is 1. The highest BCUT2D eigenvalue weighted by atomic mass is 35.5. The Balaban J connectivity index is 0.00000256. The van der Waals surface area contributed by atoms with Crippen molar-refractivity contribution in [2.75, 3.05) is 18.1 Å². The van der Waals surface area contributed by atoms with E-state index in [0.29, 0.717) is 10.0 Å². The topological polar surface area (TPSA) is 12.0 Å². The third-order valence-electron chi connectivity index (χ3n) is 1.97. The van der Waals surface area contributed by atoms with Crippen LogP contribution in [-0.2, 0) is 6.54 Å². The Bertz CT molecular complexity index is 345. The maximum atomic E-state index is 5.92. The standard InChI is InChI=1S/C12H15Cl2NS.ClH/c1-2-6-16-7-5-15-9-10-3-4-11(13)12(14)8-10;/h2-4,8,15H,1,5-7,9H2;1H. The van der Waals surface area contributed by atoms with Gasteiger partial charge in [0, 0.05) is 24.6 Å². The molecule has 0 bridgehead atoms. The van der Waals surface area contributed by atoms with Crippen molar-refractivity contribution >= 4 is 47.4 Å². The molecule has 1 rings (SSSR count). The summed E-state index contributed by atoms with van der Waals surface area (Å²) in [5.74, 6) is 2.10. The number of benzene rings is 1. The molecule has 0 amide bonds. The van der Waals surface area contributed by atoms with E-state index >= 15 is 0 Å². The summed E-state index contributed by atoms with van der Waals surface area (Å²) < 4.78 is 0. The van der Waals surface area contributed by atoms with Gasteiger partial charge < -0.3 is 5.32 Å². The van der Waals surface area contributed by atoms with Crippen LogP contribution in [0.5, 0.6) is 0 Å². The molecule has 1 N–H and O–H groups in total. The number of halogens is 3. The van der Waals surface area contributed by atoms with E-state index in [4.69, 9.17) is 23.2 Å². The van der Waals surface area contributed by atoms with Crippen LogP contribution in [0.2, 0.25) is 10.0 Å². The number of rotatable bonds is 7. The minimum atomic E-state index is 0. The lowest BCUT2D eigenvalue weighted by Crippen LogP contribution is -2.16. The molecule has 0 fully saturated rings. The van der Waals surface area contributed by atoms with E-state index in [2.05, 4.69) is 11.9 Å². The predicted octanol–water partition coefficient (Wildman–Crippen LogP) is 4.42. The molecule has 0 unspecified atom stereocenters. The molecule has 1 aromatic carbocycles. The number of hydrogen-bond acceptors (Lipinski definition) is 2. The average molecular weight is 313 g/mol. The third-order valence-corrected chi connectivity index (χ3v) is 3.68. The van der Waals surface area contributed by atoms with E-state index < -0.39 is 0 Å². The van der Waals surface area contributed by atoms with Gasteiger partial charge in [0.05, 0.1) is 10.0 Å². The van der Waals surface area contributed by atoms with E-state index in [-0.39, 0.29) is 12.4 Å². The molecule has 0 spiro atoms. The zero-order valence-electron chi connectivity index (χ0n) is 9.42. The van der Waals surface area contributed by atoms with Gasteiger partial charge in [-0.1, -0.05) is 35.3 Å². The highest BCUT2D eigenvalue weighted by Crippen LogP contribution is 2.22. The van der Waals surface area contributed by atoms with Crippen molar-refractivity contribution in [1.82, 2.24) is 5.32 Å². The normalized spacial score (nSPS) is 9.76. The zero-order chi connectivity index (χ0) is 11.8. The fourth-order valence-electron chi connectivity index (χ4n) is 1.19. The first-order chi connectivity index (χ1) is 7.74. The smallest absolute Gasteiger partial charge is 0.0595 e. The molecule has 0 aromatic heterocycles. The van der Waals surface area contributed by atoms with Gasteiger partial charge in [0.15, 0.2) is 0 Å². The Morgan fingerprint density at radius 1 is 1.29 bits per heavy atom. The Hall–Kier alpha value is 0.140. The van der Waals surface area contributed by atoms with E-state index in [1.165, 1.54) is 0 Å². The summed E-state index contributed by atoms with van der Waals surface area (Å²) in [6, 6.07) is 5.71. The van der Waals surface area contributed by atoms with Crippen molar-refractivity contribution in [3.8, 4) is 0 Å². The van der Waals surface area contributed by atoms with Crippen LogP contribution in [0, 0.1) is 0 Å². The molecule has 0 aliphatic heterocycles. The third kappa shape index (κ3) is 7.22. The highest BCUT2D eigenvalue weighted by molar-refractivity contribution is 7.99.